The number of carbonyl (C=O) groups excluding carboxylic acids is 1. The molecule has 3 N–H and O–H groups in total. The Balaban J connectivity index is 2.94. The molecule has 0 radical (unpaired) electrons. The third-order valence-corrected chi connectivity index (χ3v) is 2.11. The Morgan fingerprint density at radius 2 is 2.12 bits per heavy atom. The first-order valence-corrected chi connectivity index (χ1v) is 5.04. The van der Waals surface area contributed by atoms with Crippen molar-refractivity contribution in [1.82, 2.24) is 4.98 Å². The molecule has 1 aromatic rings. The molecule has 1 aromatic heterocycles. The second-order valence-corrected chi connectivity index (χ2v) is 4.46. The average molecular weight is 222 g/mol. The molecule has 0 atom stereocenters. The van der Waals surface area contributed by atoms with Gasteiger partial charge in [0.1, 0.15) is 0 Å². The molecule has 0 aliphatic rings. The molecule has 0 saturated heterocycles. The lowest BCUT2D eigenvalue weighted by Gasteiger charge is -2.21. The number of nitrogens with two attached hydrogens (primary N) is 1. The van der Waals surface area contributed by atoms with Gasteiger partial charge in [-0.3, -0.25) is 9.78 Å². The minimum Gasteiger partial charge on any atom is -0.376 e. The zero-order valence-electron chi connectivity index (χ0n) is 10.1. The molecule has 5 nitrogen and oxygen atoms in total. The Bertz CT molecular complexity index is 382. The molecule has 1 amide bonds. The van der Waals surface area contributed by atoms with Gasteiger partial charge >= 0.3 is 0 Å². The first-order valence-electron chi connectivity index (χ1n) is 5.04. The minimum atomic E-state index is -0.903. The van der Waals surface area contributed by atoms with Gasteiger partial charge in [0.05, 0.1) is 23.1 Å². The molecule has 5 heteroatoms. The highest BCUT2D eigenvalue weighted by atomic mass is 16.2. The summed E-state index contributed by atoms with van der Waals surface area (Å²) in [5, 5.41) is 2.76. The van der Waals surface area contributed by atoms with E-state index in [0.717, 1.165) is 5.69 Å². The fraction of sp³-hybridized carbons (Fsp3) is 0.455. The Hall–Kier alpha value is -1.62. The fourth-order valence-electron chi connectivity index (χ4n) is 1.16. The van der Waals surface area contributed by atoms with Gasteiger partial charge in [0.15, 0.2) is 0 Å². The first kappa shape index (κ1) is 12.4. The first-order chi connectivity index (χ1) is 7.32. The van der Waals surface area contributed by atoms with Crippen molar-refractivity contribution < 1.29 is 4.79 Å². The summed E-state index contributed by atoms with van der Waals surface area (Å²) in [6, 6.07) is 1.83. The highest BCUT2D eigenvalue weighted by Crippen LogP contribution is 2.22. The van der Waals surface area contributed by atoms with Gasteiger partial charge < -0.3 is 16.0 Å². The summed E-state index contributed by atoms with van der Waals surface area (Å²) < 4.78 is 0. The molecule has 0 fully saturated rings. The molecule has 0 bridgehead atoms. The van der Waals surface area contributed by atoms with Gasteiger partial charge in [-0.1, -0.05) is 0 Å². The maximum absolute atomic E-state index is 11.7. The van der Waals surface area contributed by atoms with Gasteiger partial charge in [-0.2, -0.15) is 0 Å². The Kier molecular flexibility index (Phi) is 3.49. The maximum Gasteiger partial charge on any atom is 0.243 e. The van der Waals surface area contributed by atoms with Crippen LogP contribution in [0.5, 0.6) is 0 Å². The molecule has 0 saturated carbocycles. The summed E-state index contributed by atoms with van der Waals surface area (Å²) in [6.45, 7) is 3.32. The number of carbonyl (C=O) groups is 1. The minimum absolute atomic E-state index is 0.233. The van der Waals surface area contributed by atoms with Gasteiger partial charge in [-0.05, 0) is 19.9 Å². The zero-order chi connectivity index (χ0) is 12.3. The van der Waals surface area contributed by atoms with E-state index in [4.69, 9.17) is 5.73 Å². The van der Waals surface area contributed by atoms with Gasteiger partial charge in [0.25, 0.3) is 0 Å². The van der Waals surface area contributed by atoms with Crippen molar-refractivity contribution >= 4 is 17.3 Å². The van der Waals surface area contributed by atoms with E-state index >= 15 is 0 Å². The van der Waals surface area contributed by atoms with Crippen molar-refractivity contribution in [3.05, 3.63) is 18.5 Å². The van der Waals surface area contributed by atoms with Crippen LogP contribution in [-0.2, 0) is 4.79 Å². The average Bonchev–Trinajstić information content (AvgIpc) is 2.16. The van der Waals surface area contributed by atoms with E-state index in [1.54, 1.807) is 26.2 Å². The van der Waals surface area contributed by atoms with Gasteiger partial charge in [-0.25, -0.2) is 0 Å². The van der Waals surface area contributed by atoms with E-state index in [0.29, 0.717) is 5.69 Å². The zero-order valence-corrected chi connectivity index (χ0v) is 10.1. The van der Waals surface area contributed by atoms with Crippen LogP contribution in [0.4, 0.5) is 11.4 Å². The summed E-state index contributed by atoms with van der Waals surface area (Å²) in [4.78, 5) is 17.6. The lowest BCUT2D eigenvalue weighted by atomic mass is 10.1. The Morgan fingerprint density at radius 3 is 2.62 bits per heavy atom. The third-order valence-electron chi connectivity index (χ3n) is 2.11. The molecule has 0 aliphatic heterocycles. The normalized spacial score (nSPS) is 11.1. The monoisotopic (exact) mass is 222 g/mol. The van der Waals surface area contributed by atoms with Crippen LogP contribution in [-0.4, -0.2) is 30.5 Å². The van der Waals surface area contributed by atoms with Gasteiger partial charge in [0.2, 0.25) is 5.91 Å². The summed E-state index contributed by atoms with van der Waals surface area (Å²) >= 11 is 0. The number of hydrogen-bond donors (Lipinski definition) is 2. The topological polar surface area (TPSA) is 71.2 Å². The van der Waals surface area contributed by atoms with Crippen LogP contribution in [0.15, 0.2) is 18.5 Å². The molecule has 88 valence electrons. The van der Waals surface area contributed by atoms with E-state index in [1.165, 1.54) is 0 Å². The second kappa shape index (κ2) is 4.49. The number of anilines is 2. The van der Waals surface area contributed by atoms with Crippen molar-refractivity contribution in [2.24, 2.45) is 5.73 Å². The molecule has 0 unspecified atom stereocenters. The van der Waals surface area contributed by atoms with Crippen LogP contribution >= 0.6 is 0 Å². The number of hydrogen-bond acceptors (Lipinski definition) is 4. The van der Waals surface area contributed by atoms with Crippen molar-refractivity contribution in [2.75, 3.05) is 24.3 Å². The quantitative estimate of drug-likeness (QED) is 0.794. The van der Waals surface area contributed by atoms with E-state index < -0.39 is 5.54 Å². The van der Waals surface area contributed by atoms with E-state index in [-0.39, 0.29) is 5.91 Å². The van der Waals surface area contributed by atoms with Crippen LogP contribution in [0.2, 0.25) is 0 Å². The molecule has 0 aromatic carbocycles. The standard InChI is InChI=1S/C11H18N4O/c1-11(2,12)10(16)14-8-7-13-6-5-9(8)15(3)4/h5-7H,12H2,1-4H3,(H,14,16). The smallest absolute Gasteiger partial charge is 0.243 e. The third kappa shape index (κ3) is 2.93. The predicted octanol–water partition coefficient (Wildman–Crippen LogP) is 0.823. The summed E-state index contributed by atoms with van der Waals surface area (Å²) in [7, 11) is 3.80. The lowest BCUT2D eigenvalue weighted by molar-refractivity contribution is -0.120. The van der Waals surface area contributed by atoms with Crippen molar-refractivity contribution in [3.8, 4) is 0 Å². The molecular weight excluding hydrogens is 204 g/mol. The second-order valence-electron chi connectivity index (χ2n) is 4.46. The maximum atomic E-state index is 11.7. The summed E-state index contributed by atoms with van der Waals surface area (Å²) in [5.74, 6) is -0.233. The van der Waals surface area contributed by atoms with Crippen LogP contribution in [0, 0.1) is 0 Å². The number of nitrogens with zero attached hydrogens (tertiary/aromatic N) is 2. The highest BCUT2D eigenvalue weighted by Gasteiger charge is 2.22. The highest BCUT2D eigenvalue weighted by molar-refractivity contribution is 5.99. The molecule has 0 aliphatic carbocycles. The Morgan fingerprint density at radius 1 is 1.50 bits per heavy atom. The van der Waals surface area contributed by atoms with Gasteiger partial charge in [-0.15, -0.1) is 0 Å². The lowest BCUT2D eigenvalue weighted by Crippen LogP contribution is -2.45. The van der Waals surface area contributed by atoms with Gasteiger partial charge in [0, 0.05) is 20.3 Å². The Labute approximate surface area is 95.7 Å². The van der Waals surface area contributed by atoms with E-state index in [9.17, 15) is 4.79 Å². The number of nitrogens with one attached hydrogen (secondary N) is 1. The van der Waals surface area contributed by atoms with Crippen molar-refractivity contribution in [3.63, 3.8) is 0 Å². The van der Waals surface area contributed by atoms with Crippen molar-refractivity contribution in [2.45, 2.75) is 19.4 Å². The molecule has 1 heterocycles. The number of pyridine rings is 1. The SMILES string of the molecule is CN(C)c1ccncc1NC(=O)C(C)(C)N. The molecule has 1 rings (SSSR count). The van der Waals surface area contributed by atoms with Crippen LogP contribution in [0.25, 0.3) is 0 Å². The van der Waals surface area contributed by atoms with Crippen LogP contribution < -0.4 is 16.0 Å². The molecule has 16 heavy (non-hydrogen) atoms. The van der Waals surface area contributed by atoms with Crippen LogP contribution in [0.1, 0.15) is 13.8 Å². The van der Waals surface area contributed by atoms with Crippen LogP contribution in [0.3, 0.4) is 0 Å². The predicted molar refractivity (Wildman–Crippen MR) is 65.5 cm³/mol. The van der Waals surface area contributed by atoms with E-state index in [2.05, 4.69) is 10.3 Å². The largest absolute Gasteiger partial charge is 0.376 e. The fourth-order valence-corrected chi connectivity index (χ4v) is 1.16. The number of rotatable bonds is 3. The van der Waals surface area contributed by atoms with Crippen molar-refractivity contribution in [1.29, 1.82) is 0 Å². The molecule has 0 spiro atoms. The van der Waals surface area contributed by atoms with E-state index in [1.807, 2.05) is 25.1 Å². The molecular formula is C11H18N4O. The summed E-state index contributed by atoms with van der Waals surface area (Å²) in [5.41, 5.74) is 6.36. The number of aromatic nitrogens is 1. The number of amides is 1. The summed E-state index contributed by atoms with van der Waals surface area (Å²) in [6.07, 6.45) is 3.29.